The van der Waals surface area contributed by atoms with Gasteiger partial charge in [-0.15, -0.1) is 0 Å². The number of allylic oxidation sites excluding steroid dienone is 5. The minimum atomic E-state index is -4.75. The minimum absolute atomic E-state index is 0.108. The van der Waals surface area contributed by atoms with Crippen LogP contribution in [0.25, 0.3) is 0 Å². The standard InChI is InChI=1S/C25H23ClF3N3O2/c1-14-10-19(22(25(27,28)29)30-20-9-8-17(26)12-18(20)24(33)34)23-31-21(11-15(2)32(23)13-14)16-6-4-3-5-7-16/h6,8-13,22,30H,2-5,7H2,1H3,(H,33,34)/t22-/m0/s1. The maximum atomic E-state index is 14.4. The van der Waals surface area contributed by atoms with Crippen molar-refractivity contribution in [2.75, 3.05) is 5.32 Å². The quantitative estimate of drug-likeness (QED) is 0.475. The molecule has 0 unspecified atom stereocenters. The molecule has 0 spiro atoms. The highest BCUT2D eigenvalue weighted by molar-refractivity contribution is 6.31. The molecule has 0 radical (unpaired) electrons. The fraction of sp³-hybridized carbons (Fsp3) is 0.280. The van der Waals surface area contributed by atoms with E-state index in [1.807, 2.05) is 0 Å². The van der Waals surface area contributed by atoms with Crippen molar-refractivity contribution >= 4 is 29.1 Å². The maximum Gasteiger partial charge on any atom is 0.412 e. The number of fused-ring (bicyclic) bond motifs is 1. The Hall–Kier alpha value is -3.26. The van der Waals surface area contributed by atoms with Gasteiger partial charge < -0.3 is 15.3 Å². The number of halogens is 4. The van der Waals surface area contributed by atoms with Crippen LogP contribution in [0.4, 0.5) is 18.9 Å². The Morgan fingerprint density at radius 1 is 1.29 bits per heavy atom. The second-order valence-corrected chi connectivity index (χ2v) is 8.82. The molecule has 34 heavy (non-hydrogen) atoms. The van der Waals surface area contributed by atoms with Crippen LogP contribution in [0.5, 0.6) is 0 Å². The van der Waals surface area contributed by atoms with E-state index in [1.54, 1.807) is 19.2 Å². The number of carboxylic acid groups (broad SMARTS) is 1. The molecule has 1 aliphatic carbocycles. The molecule has 0 amide bonds. The summed E-state index contributed by atoms with van der Waals surface area (Å²) in [7, 11) is 0. The number of alkyl halides is 3. The van der Waals surface area contributed by atoms with E-state index in [0.717, 1.165) is 37.3 Å². The van der Waals surface area contributed by atoms with Crippen molar-refractivity contribution in [3.8, 4) is 0 Å². The van der Waals surface area contributed by atoms with Crippen LogP contribution in [0, 0.1) is 0 Å². The SMILES string of the molecule is C=C1C=C(C2=CCCCC2)N=C2C([C@H](Nc3ccc(Cl)cc3C(=O)O)C(F)(F)F)=CC(C)=CN12. The first kappa shape index (κ1) is 23.9. The third-order valence-corrected chi connectivity index (χ3v) is 6.05. The van der Waals surface area contributed by atoms with Crippen LogP contribution in [0.15, 0.2) is 82.3 Å². The molecule has 2 aliphatic heterocycles. The highest BCUT2D eigenvalue weighted by Crippen LogP contribution is 2.38. The van der Waals surface area contributed by atoms with Gasteiger partial charge in [-0.1, -0.05) is 24.3 Å². The lowest BCUT2D eigenvalue weighted by atomic mass is 9.93. The first-order valence-electron chi connectivity index (χ1n) is 10.8. The van der Waals surface area contributed by atoms with Gasteiger partial charge in [-0.25, -0.2) is 9.79 Å². The molecule has 0 fully saturated rings. The molecule has 2 heterocycles. The van der Waals surface area contributed by atoms with Gasteiger partial charge in [0, 0.05) is 28.2 Å². The van der Waals surface area contributed by atoms with Gasteiger partial charge in [0.2, 0.25) is 0 Å². The number of carboxylic acids is 1. The maximum absolute atomic E-state index is 14.4. The molecule has 9 heteroatoms. The van der Waals surface area contributed by atoms with Crippen molar-refractivity contribution in [3.63, 3.8) is 0 Å². The Morgan fingerprint density at radius 3 is 2.71 bits per heavy atom. The number of aromatic carboxylic acids is 1. The largest absolute Gasteiger partial charge is 0.478 e. The third kappa shape index (κ3) is 4.82. The molecule has 2 N–H and O–H groups in total. The van der Waals surface area contributed by atoms with Gasteiger partial charge in [0.05, 0.1) is 11.3 Å². The van der Waals surface area contributed by atoms with Crippen molar-refractivity contribution in [3.05, 3.63) is 87.9 Å². The molecule has 0 saturated heterocycles. The van der Waals surface area contributed by atoms with Crippen molar-refractivity contribution in [1.29, 1.82) is 0 Å². The molecule has 1 aromatic carbocycles. The van der Waals surface area contributed by atoms with E-state index in [2.05, 4.69) is 23.0 Å². The highest BCUT2D eigenvalue weighted by atomic mass is 35.5. The molecule has 0 aromatic heterocycles. The molecule has 0 saturated carbocycles. The summed E-state index contributed by atoms with van der Waals surface area (Å²) in [6.45, 7) is 5.73. The number of carbonyl (C=O) groups is 1. The number of hydrogen-bond donors (Lipinski definition) is 2. The molecule has 5 nitrogen and oxygen atoms in total. The van der Waals surface area contributed by atoms with Crippen LogP contribution in [0.3, 0.4) is 0 Å². The predicted molar refractivity (Wildman–Crippen MR) is 127 cm³/mol. The van der Waals surface area contributed by atoms with Gasteiger partial charge >= 0.3 is 12.1 Å². The van der Waals surface area contributed by atoms with E-state index in [1.165, 1.54) is 23.1 Å². The predicted octanol–water partition coefficient (Wildman–Crippen LogP) is 6.84. The van der Waals surface area contributed by atoms with Crippen LogP contribution in [0.1, 0.15) is 43.0 Å². The number of aliphatic imine (C=N–C) groups is 1. The first-order chi connectivity index (χ1) is 16.0. The Bertz CT molecular complexity index is 1210. The average Bonchev–Trinajstić information content (AvgIpc) is 2.78. The van der Waals surface area contributed by atoms with Crippen molar-refractivity contribution in [2.45, 2.75) is 44.8 Å². The number of amidine groups is 1. The third-order valence-electron chi connectivity index (χ3n) is 5.81. The second kappa shape index (κ2) is 9.18. The normalized spacial score (nSPS) is 19.3. The van der Waals surface area contributed by atoms with Crippen LogP contribution in [-0.4, -0.2) is 34.0 Å². The van der Waals surface area contributed by atoms with E-state index >= 15 is 0 Å². The Labute approximate surface area is 200 Å². The molecule has 1 aromatic rings. The average molecular weight is 490 g/mol. The van der Waals surface area contributed by atoms with E-state index in [-0.39, 0.29) is 27.7 Å². The molecule has 3 aliphatic rings. The number of hydrogen-bond acceptors (Lipinski definition) is 4. The van der Waals surface area contributed by atoms with Crippen LogP contribution < -0.4 is 5.32 Å². The summed E-state index contributed by atoms with van der Waals surface area (Å²) in [6.07, 6.45) is 5.97. The Balaban J connectivity index is 1.80. The number of nitrogens with zero attached hydrogens (tertiary/aromatic N) is 2. The van der Waals surface area contributed by atoms with Crippen molar-refractivity contribution < 1.29 is 23.1 Å². The van der Waals surface area contributed by atoms with Gasteiger partial charge in [0.15, 0.2) is 6.04 Å². The second-order valence-electron chi connectivity index (χ2n) is 8.39. The van der Waals surface area contributed by atoms with E-state index < -0.39 is 18.2 Å². The monoisotopic (exact) mass is 489 g/mol. The molecule has 0 bridgehead atoms. The smallest absolute Gasteiger partial charge is 0.412 e. The van der Waals surface area contributed by atoms with Crippen LogP contribution in [-0.2, 0) is 0 Å². The van der Waals surface area contributed by atoms with Gasteiger partial charge in [-0.05, 0) is 74.1 Å². The lowest BCUT2D eigenvalue weighted by Gasteiger charge is -2.36. The van der Waals surface area contributed by atoms with Crippen molar-refractivity contribution in [1.82, 2.24) is 4.90 Å². The molecular formula is C25H23ClF3N3O2. The van der Waals surface area contributed by atoms with Gasteiger partial charge in [-0.2, -0.15) is 13.2 Å². The Kier molecular flexibility index (Phi) is 6.45. The Morgan fingerprint density at radius 2 is 2.06 bits per heavy atom. The van der Waals surface area contributed by atoms with E-state index in [4.69, 9.17) is 11.6 Å². The van der Waals surface area contributed by atoms with Crippen LogP contribution >= 0.6 is 11.6 Å². The zero-order chi connectivity index (χ0) is 24.6. The number of benzene rings is 1. The summed E-state index contributed by atoms with van der Waals surface area (Å²) in [5.74, 6) is -1.28. The topological polar surface area (TPSA) is 64.9 Å². The molecule has 178 valence electrons. The first-order valence-corrected chi connectivity index (χ1v) is 11.2. The highest BCUT2D eigenvalue weighted by Gasteiger charge is 2.46. The summed E-state index contributed by atoms with van der Waals surface area (Å²) < 4.78 is 43.3. The van der Waals surface area contributed by atoms with Crippen molar-refractivity contribution in [2.24, 2.45) is 4.99 Å². The van der Waals surface area contributed by atoms with Gasteiger partial charge in [0.1, 0.15) is 5.84 Å². The summed E-state index contributed by atoms with van der Waals surface area (Å²) in [5.41, 5.74) is 2.01. The lowest BCUT2D eigenvalue weighted by molar-refractivity contribution is -0.133. The summed E-state index contributed by atoms with van der Waals surface area (Å²) in [6, 6.07) is 1.47. The van der Waals surface area contributed by atoms with Gasteiger partial charge in [0.25, 0.3) is 0 Å². The van der Waals surface area contributed by atoms with E-state index in [0.29, 0.717) is 17.0 Å². The fourth-order valence-electron chi connectivity index (χ4n) is 4.22. The number of rotatable bonds is 5. The molecule has 4 rings (SSSR count). The summed E-state index contributed by atoms with van der Waals surface area (Å²) in [4.78, 5) is 17.8. The summed E-state index contributed by atoms with van der Waals surface area (Å²) in [5, 5.41) is 12.0. The number of anilines is 1. The molecule has 1 atom stereocenters. The molecular weight excluding hydrogens is 467 g/mol. The fourth-order valence-corrected chi connectivity index (χ4v) is 4.39. The lowest BCUT2D eigenvalue weighted by Crippen LogP contribution is -2.45. The minimum Gasteiger partial charge on any atom is -0.478 e. The van der Waals surface area contributed by atoms with Crippen LogP contribution in [0.2, 0.25) is 5.02 Å². The van der Waals surface area contributed by atoms with E-state index in [9.17, 15) is 23.1 Å². The van der Waals surface area contributed by atoms with Gasteiger partial charge in [-0.3, -0.25) is 0 Å². The number of nitrogens with one attached hydrogen (secondary N) is 1. The zero-order valence-electron chi connectivity index (χ0n) is 18.4. The summed E-state index contributed by atoms with van der Waals surface area (Å²) >= 11 is 5.87. The zero-order valence-corrected chi connectivity index (χ0v) is 19.2.